The lowest BCUT2D eigenvalue weighted by Gasteiger charge is -2.26. The van der Waals surface area contributed by atoms with E-state index in [-0.39, 0.29) is 6.67 Å². The first-order chi connectivity index (χ1) is 16.2. The Labute approximate surface area is 200 Å². The third-order valence-corrected chi connectivity index (χ3v) is 7.51. The first kappa shape index (κ1) is 23.7. The van der Waals surface area contributed by atoms with Crippen molar-refractivity contribution in [1.29, 1.82) is 0 Å². The van der Waals surface area contributed by atoms with Gasteiger partial charge in [0.05, 0.1) is 6.67 Å². The molecule has 3 aromatic carbocycles. The zero-order chi connectivity index (χ0) is 22.9. The van der Waals surface area contributed by atoms with Gasteiger partial charge in [-0.3, -0.25) is 4.39 Å². The lowest BCUT2D eigenvalue weighted by molar-refractivity contribution is 0.348. The van der Waals surface area contributed by atoms with Crippen LogP contribution in [0.3, 0.4) is 0 Å². The van der Waals surface area contributed by atoms with Crippen LogP contribution in [0.1, 0.15) is 80.0 Å². The van der Waals surface area contributed by atoms with Gasteiger partial charge in [-0.25, -0.2) is 0 Å². The Kier molecular flexibility index (Phi) is 8.75. The van der Waals surface area contributed by atoms with Gasteiger partial charge in [0, 0.05) is 0 Å². The lowest BCUT2D eigenvalue weighted by Crippen LogP contribution is -2.10. The molecule has 0 spiro atoms. The maximum absolute atomic E-state index is 12.2. The van der Waals surface area contributed by atoms with Crippen LogP contribution in [0.5, 0.6) is 0 Å². The molecule has 1 heteroatoms. The molecule has 0 amide bonds. The van der Waals surface area contributed by atoms with Crippen molar-refractivity contribution >= 4 is 0 Å². The molecule has 0 nitrogen and oxygen atoms in total. The summed E-state index contributed by atoms with van der Waals surface area (Å²) in [6, 6.07) is 27.4. The lowest BCUT2D eigenvalue weighted by atomic mass is 9.79. The van der Waals surface area contributed by atoms with Gasteiger partial charge in [-0.05, 0) is 90.2 Å². The Morgan fingerprint density at radius 2 is 1.06 bits per heavy atom. The van der Waals surface area contributed by atoms with Gasteiger partial charge in [0.1, 0.15) is 0 Å². The monoisotopic (exact) mass is 442 g/mol. The summed E-state index contributed by atoms with van der Waals surface area (Å²) in [7, 11) is 0. The molecule has 0 atom stereocenters. The molecule has 0 radical (unpaired) electrons. The highest BCUT2D eigenvalue weighted by atomic mass is 19.1. The van der Waals surface area contributed by atoms with Crippen molar-refractivity contribution in [3.63, 3.8) is 0 Å². The number of halogens is 1. The van der Waals surface area contributed by atoms with E-state index in [0.29, 0.717) is 6.42 Å². The van der Waals surface area contributed by atoms with E-state index in [1.807, 2.05) is 0 Å². The summed E-state index contributed by atoms with van der Waals surface area (Å²) >= 11 is 0. The van der Waals surface area contributed by atoms with Crippen molar-refractivity contribution in [3.05, 3.63) is 95.1 Å². The third-order valence-electron chi connectivity index (χ3n) is 7.51. The van der Waals surface area contributed by atoms with Crippen LogP contribution in [0.25, 0.3) is 11.1 Å². The average molecular weight is 443 g/mol. The minimum absolute atomic E-state index is 0.188. The van der Waals surface area contributed by atoms with Gasteiger partial charge in [0.15, 0.2) is 0 Å². The van der Waals surface area contributed by atoms with Crippen LogP contribution in [-0.4, -0.2) is 6.67 Å². The minimum Gasteiger partial charge on any atom is -0.251 e. The summed E-state index contributed by atoms with van der Waals surface area (Å²) in [5.74, 6) is 1.66. The topological polar surface area (TPSA) is 0 Å². The molecule has 0 N–H and O–H groups in total. The Morgan fingerprint density at radius 3 is 1.61 bits per heavy atom. The molecule has 0 aromatic heterocycles. The molecule has 0 saturated heterocycles. The minimum atomic E-state index is -0.188. The molecule has 3 aromatic rings. The highest BCUT2D eigenvalue weighted by Crippen LogP contribution is 2.36. The summed E-state index contributed by atoms with van der Waals surface area (Å²) in [5, 5.41) is 0. The average Bonchev–Trinajstić information content (AvgIpc) is 2.87. The van der Waals surface area contributed by atoms with Gasteiger partial charge in [0.2, 0.25) is 0 Å². The van der Waals surface area contributed by atoms with E-state index < -0.39 is 0 Å². The molecule has 4 rings (SSSR count). The molecular formula is C32H39F. The summed E-state index contributed by atoms with van der Waals surface area (Å²) < 4.78 is 12.2. The van der Waals surface area contributed by atoms with Crippen LogP contribution in [0, 0.1) is 5.92 Å². The molecule has 174 valence electrons. The van der Waals surface area contributed by atoms with Gasteiger partial charge in [-0.2, -0.15) is 0 Å². The molecule has 1 aliphatic carbocycles. The summed E-state index contributed by atoms with van der Waals surface area (Å²) in [5.41, 5.74) is 8.29. The number of unbranched alkanes of at least 4 members (excludes halogenated alkanes) is 2. The Hall–Kier alpha value is -2.41. The van der Waals surface area contributed by atoms with Gasteiger partial charge in [-0.1, -0.05) is 99.0 Å². The molecule has 33 heavy (non-hydrogen) atoms. The maximum Gasteiger partial charge on any atom is 0.0894 e. The van der Waals surface area contributed by atoms with Gasteiger partial charge >= 0.3 is 0 Å². The molecule has 1 aliphatic rings. The summed E-state index contributed by atoms with van der Waals surface area (Å²) in [6.45, 7) is 2.20. The first-order valence-electron chi connectivity index (χ1n) is 13.0. The summed E-state index contributed by atoms with van der Waals surface area (Å²) in [4.78, 5) is 0. The molecule has 1 fully saturated rings. The number of hydrogen-bond donors (Lipinski definition) is 0. The fourth-order valence-corrected chi connectivity index (χ4v) is 5.17. The second kappa shape index (κ2) is 12.2. The normalized spacial score (nSPS) is 18.4. The van der Waals surface area contributed by atoms with Crippen LogP contribution in [0.4, 0.5) is 4.39 Å². The first-order valence-corrected chi connectivity index (χ1v) is 13.0. The third kappa shape index (κ3) is 7.03. The van der Waals surface area contributed by atoms with Gasteiger partial charge in [0.25, 0.3) is 0 Å². The molecule has 0 unspecified atom stereocenters. The predicted octanol–water partition coefficient (Wildman–Crippen LogP) is 9.11. The van der Waals surface area contributed by atoms with Crippen molar-refractivity contribution in [2.45, 2.75) is 77.0 Å². The van der Waals surface area contributed by atoms with Gasteiger partial charge in [-0.15, -0.1) is 0 Å². The quantitative estimate of drug-likeness (QED) is 0.275. The molecular weight excluding hydrogens is 403 g/mol. The van der Waals surface area contributed by atoms with Crippen molar-refractivity contribution in [1.82, 2.24) is 0 Å². The van der Waals surface area contributed by atoms with Crippen LogP contribution in [0.2, 0.25) is 0 Å². The van der Waals surface area contributed by atoms with E-state index in [1.165, 1.54) is 59.1 Å². The van der Waals surface area contributed by atoms with E-state index in [9.17, 15) is 4.39 Å². The second-order valence-electron chi connectivity index (χ2n) is 10.1. The van der Waals surface area contributed by atoms with Crippen molar-refractivity contribution < 1.29 is 4.39 Å². The zero-order valence-corrected chi connectivity index (χ0v) is 20.2. The molecule has 0 aliphatic heterocycles. The smallest absolute Gasteiger partial charge is 0.0894 e. The number of aryl methyl sites for hydroxylation is 3. The largest absolute Gasteiger partial charge is 0.251 e. The van der Waals surface area contributed by atoms with Crippen LogP contribution < -0.4 is 0 Å². The number of alkyl halides is 1. The van der Waals surface area contributed by atoms with Crippen LogP contribution in [0.15, 0.2) is 72.8 Å². The van der Waals surface area contributed by atoms with E-state index in [4.69, 9.17) is 0 Å². The fraction of sp³-hybridized carbons (Fsp3) is 0.438. The standard InChI is InChI=1S/C32H39F/c1-25-6-16-29(17-7-25)31-20-22-32(23-21-31)30-18-14-28(15-19-30)13-12-27-10-8-26(9-11-27)5-3-2-4-24-33/h8-11,14-15,18-23,25,29H,2-7,12-13,16-17,24H2,1H3. The Bertz CT molecular complexity index is 945. The maximum atomic E-state index is 12.2. The molecule has 0 heterocycles. The Balaban J connectivity index is 1.27. The number of rotatable bonds is 10. The van der Waals surface area contributed by atoms with E-state index in [0.717, 1.165) is 43.9 Å². The number of hydrogen-bond acceptors (Lipinski definition) is 0. The van der Waals surface area contributed by atoms with Crippen LogP contribution in [-0.2, 0) is 19.3 Å². The number of benzene rings is 3. The highest BCUT2D eigenvalue weighted by Gasteiger charge is 2.19. The van der Waals surface area contributed by atoms with E-state index in [2.05, 4.69) is 79.7 Å². The highest BCUT2D eigenvalue weighted by molar-refractivity contribution is 5.64. The SMILES string of the molecule is CC1CCC(c2ccc(-c3ccc(CCc4ccc(CCCCCF)cc4)cc3)cc2)CC1. The van der Waals surface area contributed by atoms with Crippen molar-refractivity contribution in [2.75, 3.05) is 6.67 Å². The molecule has 1 saturated carbocycles. The second-order valence-corrected chi connectivity index (χ2v) is 10.1. The van der Waals surface area contributed by atoms with E-state index in [1.54, 1.807) is 0 Å². The zero-order valence-electron chi connectivity index (χ0n) is 20.2. The van der Waals surface area contributed by atoms with Gasteiger partial charge < -0.3 is 0 Å². The van der Waals surface area contributed by atoms with Crippen molar-refractivity contribution in [3.8, 4) is 11.1 Å². The van der Waals surface area contributed by atoms with Crippen LogP contribution >= 0.6 is 0 Å². The van der Waals surface area contributed by atoms with E-state index >= 15 is 0 Å². The van der Waals surface area contributed by atoms with Crippen molar-refractivity contribution in [2.24, 2.45) is 5.92 Å². The molecule has 0 bridgehead atoms. The summed E-state index contributed by atoms with van der Waals surface area (Å²) in [6.07, 6.45) is 11.4. The fourth-order valence-electron chi connectivity index (χ4n) is 5.17. The Morgan fingerprint density at radius 1 is 0.576 bits per heavy atom. The predicted molar refractivity (Wildman–Crippen MR) is 140 cm³/mol.